The summed E-state index contributed by atoms with van der Waals surface area (Å²) in [4.78, 5) is 11.2. The molecule has 0 aromatic carbocycles. The van der Waals surface area contributed by atoms with Gasteiger partial charge >= 0.3 is 5.97 Å². The first-order valence-electron chi connectivity index (χ1n) is 4.28. The summed E-state index contributed by atoms with van der Waals surface area (Å²) >= 11 is 7.18. The lowest BCUT2D eigenvalue weighted by molar-refractivity contribution is -0.144. The first-order valence-corrected chi connectivity index (χ1v) is 5.54. The molecule has 14 heavy (non-hydrogen) atoms. The van der Waals surface area contributed by atoms with Gasteiger partial charge in [0.1, 0.15) is 6.04 Å². The third-order valence-corrected chi connectivity index (χ3v) is 2.81. The molecule has 0 aliphatic rings. The van der Waals surface area contributed by atoms with Crippen molar-refractivity contribution in [3.63, 3.8) is 0 Å². The van der Waals surface area contributed by atoms with E-state index in [1.807, 2.05) is 11.4 Å². The SMILES string of the molecule is CCOC(=O)C(N)Cc1csc(Cl)c1. The predicted octanol–water partition coefficient (Wildman–Crippen LogP) is 1.83. The van der Waals surface area contributed by atoms with Crippen molar-refractivity contribution in [3.05, 3.63) is 21.3 Å². The van der Waals surface area contributed by atoms with Crippen molar-refractivity contribution in [2.45, 2.75) is 19.4 Å². The van der Waals surface area contributed by atoms with Gasteiger partial charge in [0.05, 0.1) is 10.9 Å². The Kier molecular flexibility index (Phi) is 4.38. The zero-order valence-corrected chi connectivity index (χ0v) is 9.40. The van der Waals surface area contributed by atoms with E-state index >= 15 is 0 Å². The van der Waals surface area contributed by atoms with Crippen LogP contribution >= 0.6 is 22.9 Å². The molecular weight excluding hydrogens is 222 g/mol. The maximum Gasteiger partial charge on any atom is 0.323 e. The molecule has 0 bridgehead atoms. The van der Waals surface area contributed by atoms with Crippen molar-refractivity contribution in [3.8, 4) is 0 Å². The maximum atomic E-state index is 11.2. The van der Waals surface area contributed by atoms with Crippen LogP contribution in [0.4, 0.5) is 0 Å². The molecule has 1 aromatic rings. The number of rotatable bonds is 4. The highest BCUT2D eigenvalue weighted by Crippen LogP contribution is 2.20. The van der Waals surface area contributed by atoms with Gasteiger partial charge in [-0.1, -0.05) is 11.6 Å². The normalized spacial score (nSPS) is 12.5. The maximum absolute atomic E-state index is 11.2. The number of halogens is 1. The molecule has 1 rings (SSSR count). The van der Waals surface area contributed by atoms with Crippen molar-refractivity contribution in [2.24, 2.45) is 5.73 Å². The second-order valence-electron chi connectivity index (χ2n) is 2.82. The van der Waals surface area contributed by atoms with E-state index in [4.69, 9.17) is 22.1 Å². The molecule has 0 aliphatic heterocycles. The van der Waals surface area contributed by atoms with E-state index in [9.17, 15) is 4.79 Å². The van der Waals surface area contributed by atoms with Crippen LogP contribution in [0.25, 0.3) is 0 Å². The van der Waals surface area contributed by atoms with Gasteiger partial charge in [-0.05, 0) is 30.4 Å². The van der Waals surface area contributed by atoms with Crippen molar-refractivity contribution in [2.75, 3.05) is 6.61 Å². The van der Waals surface area contributed by atoms with Crippen molar-refractivity contribution >= 4 is 28.9 Å². The zero-order valence-electron chi connectivity index (χ0n) is 7.83. The Morgan fingerprint density at radius 2 is 2.50 bits per heavy atom. The van der Waals surface area contributed by atoms with Crippen molar-refractivity contribution in [1.82, 2.24) is 0 Å². The van der Waals surface area contributed by atoms with Crippen LogP contribution in [0.2, 0.25) is 4.34 Å². The van der Waals surface area contributed by atoms with E-state index in [0.717, 1.165) is 5.56 Å². The van der Waals surface area contributed by atoms with Crippen LogP contribution in [0.1, 0.15) is 12.5 Å². The van der Waals surface area contributed by atoms with Gasteiger partial charge in [0.2, 0.25) is 0 Å². The van der Waals surface area contributed by atoms with Gasteiger partial charge in [-0.15, -0.1) is 11.3 Å². The monoisotopic (exact) mass is 233 g/mol. The Bertz CT molecular complexity index is 314. The lowest BCUT2D eigenvalue weighted by Crippen LogP contribution is -2.34. The second-order valence-corrected chi connectivity index (χ2v) is 4.36. The second kappa shape index (κ2) is 5.34. The van der Waals surface area contributed by atoms with Crippen LogP contribution in [0.15, 0.2) is 11.4 Å². The summed E-state index contributed by atoms with van der Waals surface area (Å²) in [5.74, 6) is -0.366. The average Bonchev–Trinajstić information content (AvgIpc) is 2.51. The van der Waals surface area contributed by atoms with E-state index in [1.54, 1.807) is 6.92 Å². The quantitative estimate of drug-likeness (QED) is 0.808. The number of ether oxygens (including phenoxy) is 1. The zero-order chi connectivity index (χ0) is 10.6. The summed E-state index contributed by atoms with van der Waals surface area (Å²) in [5, 5.41) is 1.89. The number of carbonyl (C=O) groups is 1. The molecule has 3 nitrogen and oxygen atoms in total. The Morgan fingerprint density at radius 3 is 3.00 bits per heavy atom. The third kappa shape index (κ3) is 3.29. The lowest BCUT2D eigenvalue weighted by atomic mass is 10.1. The van der Waals surface area contributed by atoms with Gasteiger partial charge in [-0.25, -0.2) is 0 Å². The minimum atomic E-state index is -0.597. The number of hydrogen-bond donors (Lipinski definition) is 1. The van der Waals surface area contributed by atoms with E-state index < -0.39 is 6.04 Å². The molecule has 1 atom stereocenters. The molecular formula is C9H12ClNO2S. The van der Waals surface area contributed by atoms with Gasteiger partial charge in [-0.3, -0.25) is 4.79 Å². The molecule has 2 N–H and O–H groups in total. The van der Waals surface area contributed by atoms with Crippen LogP contribution in [-0.4, -0.2) is 18.6 Å². The summed E-state index contributed by atoms with van der Waals surface area (Å²) in [5.41, 5.74) is 6.60. The molecule has 1 unspecified atom stereocenters. The van der Waals surface area contributed by atoms with Crippen LogP contribution in [0, 0.1) is 0 Å². The highest BCUT2D eigenvalue weighted by Gasteiger charge is 2.15. The van der Waals surface area contributed by atoms with E-state index in [1.165, 1.54) is 11.3 Å². The van der Waals surface area contributed by atoms with Gasteiger partial charge < -0.3 is 10.5 Å². The van der Waals surface area contributed by atoms with Crippen LogP contribution in [-0.2, 0) is 16.0 Å². The highest BCUT2D eigenvalue weighted by molar-refractivity contribution is 7.14. The first kappa shape index (κ1) is 11.5. The highest BCUT2D eigenvalue weighted by atomic mass is 35.5. The van der Waals surface area contributed by atoms with Crippen LogP contribution in [0.5, 0.6) is 0 Å². The number of carbonyl (C=O) groups excluding carboxylic acids is 1. The number of esters is 1. The Labute approximate surface area is 91.8 Å². The molecule has 0 saturated carbocycles. The van der Waals surface area contributed by atoms with Gasteiger partial charge in [0, 0.05) is 0 Å². The molecule has 0 spiro atoms. The summed E-state index contributed by atoms with van der Waals surface area (Å²) in [6.07, 6.45) is 0.474. The summed E-state index contributed by atoms with van der Waals surface area (Å²) in [7, 11) is 0. The first-order chi connectivity index (χ1) is 6.63. The smallest absolute Gasteiger partial charge is 0.323 e. The Morgan fingerprint density at radius 1 is 1.79 bits per heavy atom. The molecule has 1 heterocycles. The molecule has 0 fully saturated rings. The van der Waals surface area contributed by atoms with E-state index in [0.29, 0.717) is 17.4 Å². The molecule has 0 aliphatic carbocycles. The molecule has 78 valence electrons. The number of thiophene rings is 1. The summed E-state index contributed by atoms with van der Waals surface area (Å²) < 4.78 is 5.49. The minimum absolute atomic E-state index is 0.358. The van der Waals surface area contributed by atoms with Gasteiger partial charge in [0.15, 0.2) is 0 Å². The van der Waals surface area contributed by atoms with Crippen LogP contribution in [0.3, 0.4) is 0 Å². The summed E-state index contributed by atoms with van der Waals surface area (Å²) in [6, 6.07) is 1.21. The topological polar surface area (TPSA) is 52.3 Å². The summed E-state index contributed by atoms with van der Waals surface area (Å²) in [6.45, 7) is 2.11. The fourth-order valence-corrected chi connectivity index (χ4v) is 1.96. The lowest BCUT2D eigenvalue weighted by Gasteiger charge is -2.08. The molecule has 0 radical (unpaired) electrons. The Balaban J connectivity index is 2.48. The Hall–Kier alpha value is -0.580. The fourth-order valence-electron chi connectivity index (χ4n) is 1.04. The van der Waals surface area contributed by atoms with E-state index in [2.05, 4.69) is 0 Å². The minimum Gasteiger partial charge on any atom is -0.465 e. The number of nitrogens with two attached hydrogens (primary N) is 1. The molecule has 5 heteroatoms. The van der Waals surface area contributed by atoms with Crippen molar-refractivity contribution < 1.29 is 9.53 Å². The molecule has 0 amide bonds. The standard InChI is InChI=1S/C9H12ClNO2S/c1-2-13-9(12)7(11)3-6-4-8(10)14-5-6/h4-5,7H,2-3,11H2,1H3. The number of hydrogen-bond acceptors (Lipinski definition) is 4. The van der Waals surface area contributed by atoms with Gasteiger partial charge in [-0.2, -0.15) is 0 Å². The largest absolute Gasteiger partial charge is 0.465 e. The van der Waals surface area contributed by atoms with E-state index in [-0.39, 0.29) is 5.97 Å². The molecule has 1 aromatic heterocycles. The van der Waals surface area contributed by atoms with Crippen LogP contribution < -0.4 is 5.73 Å². The molecule has 0 saturated heterocycles. The average molecular weight is 234 g/mol. The predicted molar refractivity (Wildman–Crippen MR) is 57.6 cm³/mol. The van der Waals surface area contributed by atoms with Crippen molar-refractivity contribution in [1.29, 1.82) is 0 Å². The van der Waals surface area contributed by atoms with Gasteiger partial charge in [0.25, 0.3) is 0 Å². The third-order valence-electron chi connectivity index (χ3n) is 1.67. The fraction of sp³-hybridized carbons (Fsp3) is 0.444.